The van der Waals surface area contributed by atoms with E-state index in [4.69, 9.17) is 9.97 Å². The van der Waals surface area contributed by atoms with E-state index in [1.54, 1.807) is 25.5 Å². The standard InChI is InChI=1S/C40H49FN8O2/c1-25(2)47-24-43-36-22-35(45-40(39(36)47)44-34-15-16-42-23-33(34)41)28-12-11-27-7-5-17-46(26(3)50)18-6-10-38(51)49(37(27)19-28)32-20-31(21-32)48-29-8-4-9-30(48)14-13-29/h11-12,15-16,19,22-25,29-32H,4-10,13-14,17-18,20-21H2,1-3H3,(H,42,44,45)/t29?,30?,31-,32+. The van der Waals surface area contributed by atoms with Crippen LogP contribution in [0.2, 0.25) is 0 Å². The quantitative estimate of drug-likeness (QED) is 0.225. The van der Waals surface area contributed by atoms with E-state index in [9.17, 15) is 14.0 Å². The van der Waals surface area contributed by atoms with Crippen LogP contribution in [0, 0.1) is 5.82 Å². The molecule has 6 heterocycles. The molecule has 0 spiro atoms. The number of amides is 2. The van der Waals surface area contributed by atoms with Crippen LogP contribution in [0.4, 0.5) is 21.6 Å². The lowest BCUT2D eigenvalue weighted by Crippen LogP contribution is -2.59. The van der Waals surface area contributed by atoms with E-state index in [-0.39, 0.29) is 29.6 Å². The van der Waals surface area contributed by atoms with E-state index in [0.29, 0.717) is 55.6 Å². The highest BCUT2D eigenvalue weighted by molar-refractivity contribution is 5.96. The van der Waals surface area contributed by atoms with E-state index in [1.165, 1.54) is 38.3 Å². The molecule has 1 N–H and O–H groups in total. The van der Waals surface area contributed by atoms with Crippen molar-refractivity contribution in [2.24, 2.45) is 0 Å². The Labute approximate surface area is 299 Å². The number of carbonyl (C=O) groups excluding carboxylic acids is 2. The van der Waals surface area contributed by atoms with Gasteiger partial charge in [0, 0.05) is 74.1 Å². The maximum Gasteiger partial charge on any atom is 0.227 e. The summed E-state index contributed by atoms with van der Waals surface area (Å²) < 4.78 is 16.9. The molecule has 1 saturated carbocycles. The Balaban J connectivity index is 1.18. The first kappa shape index (κ1) is 33.7. The number of anilines is 3. The van der Waals surface area contributed by atoms with Gasteiger partial charge in [0.25, 0.3) is 0 Å². The van der Waals surface area contributed by atoms with E-state index >= 15 is 0 Å². The van der Waals surface area contributed by atoms with E-state index < -0.39 is 5.82 Å². The van der Waals surface area contributed by atoms with Crippen LogP contribution in [0.1, 0.15) is 96.6 Å². The Kier molecular flexibility index (Phi) is 9.25. The van der Waals surface area contributed by atoms with Crippen molar-refractivity contribution >= 4 is 40.0 Å². The smallest absolute Gasteiger partial charge is 0.227 e. The van der Waals surface area contributed by atoms with Crippen LogP contribution in [0.3, 0.4) is 0 Å². The molecule has 3 aromatic heterocycles. The predicted molar refractivity (Wildman–Crippen MR) is 197 cm³/mol. The summed E-state index contributed by atoms with van der Waals surface area (Å²) in [6, 6.07) is 12.1. The zero-order valence-corrected chi connectivity index (χ0v) is 30.0. The number of hydrogen-bond donors (Lipinski definition) is 1. The average molecular weight is 693 g/mol. The van der Waals surface area contributed by atoms with Crippen LogP contribution in [-0.2, 0) is 16.0 Å². The summed E-state index contributed by atoms with van der Waals surface area (Å²) in [4.78, 5) is 47.3. The number of rotatable bonds is 6. The summed E-state index contributed by atoms with van der Waals surface area (Å²) in [6.45, 7) is 7.05. The van der Waals surface area contributed by atoms with Crippen molar-refractivity contribution in [2.75, 3.05) is 23.3 Å². The third kappa shape index (κ3) is 6.49. The third-order valence-electron chi connectivity index (χ3n) is 11.8. The van der Waals surface area contributed by atoms with Crippen molar-refractivity contribution < 1.29 is 14.0 Å². The van der Waals surface area contributed by atoms with Gasteiger partial charge in [-0.2, -0.15) is 0 Å². The number of hydrogen-bond acceptors (Lipinski definition) is 7. The normalized spacial score (nSPS) is 24.4. The first-order valence-corrected chi connectivity index (χ1v) is 19.0. The molecule has 2 unspecified atom stereocenters. The van der Waals surface area contributed by atoms with Crippen molar-refractivity contribution in [3.63, 3.8) is 0 Å². The molecule has 10 nitrogen and oxygen atoms in total. The number of carbonyl (C=O) groups is 2. The highest BCUT2D eigenvalue weighted by Gasteiger charge is 2.47. The number of fused-ring (bicyclic) bond motifs is 4. The maximum absolute atomic E-state index is 14.9. The van der Waals surface area contributed by atoms with Crippen LogP contribution in [-0.4, -0.2) is 78.4 Å². The molecule has 3 fully saturated rings. The molecule has 2 atom stereocenters. The molecule has 1 aromatic carbocycles. The number of pyridine rings is 2. The fourth-order valence-corrected chi connectivity index (χ4v) is 9.18. The Bertz CT molecular complexity index is 1920. The number of nitrogens with one attached hydrogen (secondary N) is 1. The van der Waals surface area contributed by atoms with Crippen molar-refractivity contribution in [3.05, 3.63) is 60.4 Å². The molecule has 4 aliphatic rings. The largest absolute Gasteiger partial charge is 0.343 e. The fourth-order valence-electron chi connectivity index (χ4n) is 9.18. The molecular weight excluding hydrogens is 643 g/mol. The van der Waals surface area contributed by atoms with Gasteiger partial charge in [-0.25, -0.2) is 14.4 Å². The lowest BCUT2D eigenvalue weighted by atomic mass is 9.81. The van der Waals surface area contributed by atoms with Crippen molar-refractivity contribution in [1.82, 2.24) is 29.3 Å². The van der Waals surface area contributed by atoms with E-state index in [0.717, 1.165) is 53.5 Å². The Morgan fingerprint density at radius 2 is 1.71 bits per heavy atom. The number of aromatic nitrogens is 4. The van der Waals surface area contributed by atoms with Crippen molar-refractivity contribution in [2.45, 2.75) is 122 Å². The minimum Gasteiger partial charge on any atom is -0.343 e. The summed E-state index contributed by atoms with van der Waals surface area (Å²) in [7, 11) is 0. The summed E-state index contributed by atoms with van der Waals surface area (Å²) in [6.07, 6.45) is 15.7. The molecule has 0 radical (unpaired) electrons. The third-order valence-corrected chi connectivity index (χ3v) is 11.8. The van der Waals surface area contributed by atoms with Gasteiger partial charge in [-0.1, -0.05) is 18.6 Å². The van der Waals surface area contributed by atoms with Gasteiger partial charge in [0.1, 0.15) is 5.52 Å². The SMILES string of the molecule is CC(=O)N1CCCC(=O)N([C@H]2C[C@@H](N3C4CCCC3CC4)C2)c2cc(-c3cc4ncn(C(C)C)c4c(Nc4ccncc4F)n3)ccc2CCC1. The van der Waals surface area contributed by atoms with Crippen LogP contribution < -0.4 is 10.2 Å². The van der Waals surface area contributed by atoms with Crippen LogP contribution in [0.15, 0.2) is 49.1 Å². The van der Waals surface area contributed by atoms with Crippen LogP contribution >= 0.6 is 0 Å². The van der Waals surface area contributed by atoms with Crippen LogP contribution in [0.25, 0.3) is 22.3 Å². The maximum atomic E-state index is 14.9. The van der Waals surface area contributed by atoms with Gasteiger partial charge in [-0.15, -0.1) is 0 Å². The molecular formula is C40H49FN8O2. The Hall–Kier alpha value is -4.38. The summed E-state index contributed by atoms with van der Waals surface area (Å²) in [5.41, 5.74) is 5.45. The molecule has 268 valence electrons. The lowest BCUT2D eigenvalue weighted by Gasteiger charge is -2.51. The lowest BCUT2D eigenvalue weighted by molar-refractivity contribution is -0.129. The molecule has 8 rings (SSSR count). The summed E-state index contributed by atoms with van der Waals surface area (Å²) >= 11 is 0. The molecule has 11 heteroatoms. The second-order valence-corrected chi connectivity index (χ2v) is 15.3. The van der Waals surface area contributed by atoms with E-state index in [1.807, 2.05) is 15.5 Å². The number of nitrogens with zero attached hydrogens (tertiary/aromatic N) is 7. The fraction of sp³-hybridized carbons (Fsp3) is 0.525. The first-order chi connectivity index (χ1) is 24.7. The number of benzene rings is 1. The minimum absolute atomic E-state index is 0.0598. The summed E-state index contributed by atoms with van der Waals surface area (Å²) in [5, 5.41) is 3.23. The van der Waals surface area contributed by atoms with Gasteiger partial charge in [0.15, 0.2) is 11.6 Å². The zero-order chi connectivity index (χ0) is 35.2. The molecule has 1 aliphatic carbocycles. The second kappa shape index (κ2) is 14.0. The number of halogens is 1. The minimum atomic E-state index is -0.466. The topological polar surface area (TPSA) is 99.5 Å². The predicted octanol–water partition coefficient (Wildman–Crippen LogP) is 7.41. The average Bonchev–Trinajstić information content (AvgIpc) is 3.62. The number of piperidine rings is 1. The van der Waals surface area contributed by atoms with Gasteiger partial charge in [-0.05, 0) is 95.4 Å². The first-order valence-electron chi connectivity index (χ1n) is 19.0. The highest BCUT2D eigenvalue weighted by Crippen LogP contribution is 2.45. The molecule has 4 aromatic rings. The summed E-state index contributed by atoms with van der Waals surface area (Å²) in [5.74, 6) is 0.222. The molecule has 2 bridgehead atoms. The number of imidazole rings is 1. The second-order valence-electron chi connectivity index (χ2n) is 15.3. The Morgan fingerprint density at radius 1 is 0.941 bits per heavy atom. The van der Waals surface area contributed by atoms with Crippen molar-refractivity contribution in [1.29, 1.82) is 0 Å². The van der Waals surface area contributed by atoms with Gasteiger partial charge >= 0.3 is 0 Å². The monoisotopic (exact) mass is 692 g/mol. The van der Waals surface area contributed by atoms with Gasteiger partial charge in [0.2, 0.25) is 11.8 Å². The highest BCUT2D eigenvalue weighted by atomic mass is 19.1. The van der Waals surface area contributed by atoms with Crippen LogP contribution in [0.5, 0.6) is 0 Å². The molecule has 2 saturated heterocycles. The molecule has 2 amide bonds. The number of aryl methyl sites for hydroxylation is 1. The molecule has 51 heavy (non-hydrogen) atoms. The van der Waals surface area contributed by atoms with Gasteiger partial charge in [0.05, 0.1) is 29.4 Å². The Morgan fingerprint density at radius 3 is 2.43 bits per heavy atom. The van der Waals surface area contributed by atoms with Crippen molar-refractivity contribution in [3.8, 4) is 11.3 Å². The zero-order valence-electron chi connectivity index (χ0n) is 30.0. The molecule has 3 aliphatic heterocycles. The van der Waals surface area contributed by atoms with Gasteiger partial charge < -0.3 is 19.7 Å². The van der Waals surface area contributed by atoms with Gasteiger partial charge in [-0.3, -0.25) is 19.5 Å². The van der Waals surface area contributed by atoms with E-state index in [2.05, 4.69) is 52.1 Å².